The average molecular weight is 131 g/mol. The average Bonchev–Trinajstić information content (AvgIpc) is 1.80. The van der Waals surface area contributed by atoms with Crippen molar-refractivity contribution in [1.29, 1.82) is 0 Å². The summed E-state index contributed by atoms with van der Waals surface area (Å²) in [5.41, 5.74) is 0. The normalized spacial score (nSPS) is 9.67. The minimum Gasteiger partial charge on any atom is -0.361 e. The first-order valence-corrected chi connectivity index (χ1v) is 3.02. The third-order valence-corrected chi connectivity index (χ3v) is 0.720. The number of hydrogen-bond donors (Lipinski definition) is 1. The molecule has 0 spiro atoms. The van der Waals surface area contributed by atoms with Gasteiger partial charge in [-0.15, -0.1) is 0 Å². The smallest absolute Gasteiger partial charge is 0.208 e. The van der Waals surface area contributed by atoms with Crippen LogP contribution in [0.15, 0.2) is 0 Å². The Morgan fingerprint density at radius 3 is 2.78 bits per heavy atom. The summed E-state index contributed by atoms with van der Waals surface area (Å²) in [6.07, 6.45) is 0.625. The number of amides is 1. The number of nitrogens with one attached hydrogen (secondary N) is 1. The molecule has 0 heterocycles. The highest BCUT2D eigenvalue weighted by atomic mass is 16.5. The van der Waals surface area contributed by atoms with Crippen LogP contribution in [0.25, 0.3) is 0 Å². The summed E-state index contributed by atoms with van der Waals surface area (Å²) in [4.78, 5) is 9.66. The monoisotopic (exact) mass is 131 g/mol. The number of carbonyl (C=O) groups is 1. The number of carbonyl (C=O) groups excluding carboxylic acids is 1. The molecular formula is C6H13NO2. The molecule has 0 rings (SSSR count). The van der Waals surface area contributed by atoms with Gasteiger partial charge < -0.3 is 10.1 Å². The van der Waals surface area contributed by atoms with Gasteiger partial charge in [-0.3, -0.25) is 4.79 Å². The van der Waals surface area contributed by atoms with Gasteiger partial charge in [0.25, 0.3) is 0 Å². The summed E-state index contributed by atoms with van der Waals surface area (Å²) in [6.45, 7) is 5.13. The Kier molecular flexibility index (Phi) is 5.21. The first-order valence-electron chi connectivity index (χ1n) is 3.02. The van der Waals surface area contributed by atoms with Crippen LogP contribution in [0.4, 0.5) is 0 Å². The molecule has 0 fully saturated rings. The van der Waals surface area contributed by atoms with Gasteiger partial charge in [-0.2, -0.15) is 0 Å². The maximum atomic E-state index is 9.66. The van der Waals surface area contributed by atoms with Crippen molar-refractivity contribution in [2.45, 2.75) is 13.8 Å². The molecule has 54 valence electrons. The molecule has 0 atom stereocenters. The minimum absolute atomic E-state index is 0.321. The van der Waals surface area contributed by atoms with E-state index in [9.17, 15) is 4.79 Å². The van der Waals surface area contributed by atoms with E-state index >= 15 is 0 Å². The van der Waals surface area contributed by atoms with Gasteiger partial charge in [0.15, 0.2) is 0 Å². The Hall–Kier alpha value is -0.570. The van der Waals surface area contributed by atoms with Crippen LogP contribution in [0.1, 0.15) is 13.8 Å². The van der Waals surface area contributed by atoms with Gasteiger partial charge in [-0.1, -0.05) is 13.8 Å². The van der Waals surface area contributed by atoms with Crippen molar-refractivity contribution in [2.24, 2.45) is 5.92 Å². The van der Waals surface area contributed by atoms with E-state index in [2.05, 4.69) is 19.2 Å². The highest BCUT2D eigenvalue weighted by Gasteiger charge is 1.90. The molecule has 0 aromatic rings. The van der Waals surface area contributed by atoms with Crippen LogP contribution in [0.2, 0.25) is 0 Å². The SMILES string of the molecule is CC(C)COCNC=O. The molecule has 0 unspecified atom stereocenters. The minimum atomic E-state index is 0.321. The molecule has 0 saturated carbocycles. The van der Waals surface area contributed by atoms with Gasteiger partial charge in [0, 0.05) is 0 Å². The van der Waals surface area contributed by atoms with Crippen molar-refractivity contribution in [3.05, 3.63) is 0 Å². The highest BCUT2D eigenvalue weighted by Crippen LogP contribution is 1.89. The highest BCUT2D eigenvalue weighted by molar-refractivity contribution is 5.45. The van der Waals surface area contributed by atoms with Crippen molar-refractivity contribution >= 4 is 6.41 Å². The lowest BCUT2D eigenvalue weighted by Gasteiger charge is -2.04. The van der Waals surface area contributed by atoms with Crippen molar-refractivity contribution in [1.82, 2.24) is 5.32 Å². The Morgan fingerprint density at radius 2 is 2.33 bits per heavy atom. The van der Waals surface area contributed by atoms with E-state index in [0.29, 0.717) is 25.7 Å². The maximum absolute atomic E-state index is 9.66. The second-order valence-electron chi connectivity index (χ2n) is 2.23. The topological polar surface area (TPSA) is 38.3 Å². The van der Waals surface area contributed by atoms with Gasteiger partial charge in [0.2, 0.25) is 6.41 Å². The second-order valence-corrected chi connectivity index (χ2v) is 2.23. The molecule has 3 nitrogen and oxygen atoms in total. The first-order chi connectivity index (χ1) is 4.27. The van der Waals surface area contributed by atoms with Crippen molar-refractivity contribution in [2.75, 3.05) is 13.3 Å². The quantitative estimate of drug-likeness (QED) is 0.332. The summed E-state index contributed by atoms with van der Waals surface area (Å²) >= 11 is 0. The molecule has 1 N–H and O–H groups in total. The van der Waals surface area contributed by atoms with Gasteiger partial charge >= 0.3 is 0 Å². The first kappa shape index (κ1) is 8.43. The predicted octanol–water partition coefficient (Wildman–Crippen LogP) is 0.362. The number of hydrogen-bond acceptors (Lipinski definition) is 2. The Morgan fingerprint density at radius 1 is 1.67 bits per heavy atom. The standard InChI is InChI=1S/C6H13NO2/c1-6(2)3-9-5-7-4-8/h4,6H,3,5H2,1-2H3,(H,7,8). The Bertz CT molecular complexity index is 73.5. The van der Waals surface area contributed by atoms with E-state index in [1.807, 2.05) is 0 Å². The van der Waals surface area contributed by atoms with E-state index in [4.69, 9.17) is 4.74 Å². The van der Waals surface area contributed by atoms with E-state index in [1.165, 1.54) is 0 Å². The molecule has 1 amide bonds. The zero-order valence-electron chi connectivity index (χ0n) is 5.89. The van der Waals surface area contributed by atoms with Crippen LogP contribution >= 0.6 is 0 Å². The molecule has 0 bridgehead atoms. The lowest BCUT2D eigenvalue weighted by Crippen LogP contribution is -2.17. The fourth-order valence-electron chi connectivity index (χ4n) is 0.388. The molecule has 0 aliphatic carbocycles. The lowest BCUT2D eigenvalue weighted by molar-refractivity contribution is -0.111. The van der Waals surface area contributed by atoms with Crippen LogP contribution in [-0.2, 0) is 9.53 Å². The third-order valence-electron chi connectivity index (χ3n) is 0.720. The molecule has 0 saturated heterocycles. The van der Waals surface area contributed by atoms with Crippen molar-refractivity contribution in [3.8, 4) is 0 Å². The van der Waals surface area contributed by atoms with E-state index < -0.39 is 0 Å². The van der Waals surface area contributed by atoms with Crippen LogP contribution in [0, 0.1) is 5.92 Å². The number of ether oxygens (including phenoxy) is 1. The maximum Gasteiger partial charge on any atom is 0.208 e. The van der Waals surface area contributed by atoms with Crippen molar-refractivity contribution in [3.63, 3.8) is 0 Å². The zero-order valence-corrected chi connectivity index (χ0v) is 5.89. The summed E-state index contributed by atoms with van der Waals surface area (Å²) in [6, 6.07) is 0. The largest absolute Gasteiger partial charge is 0.361 e. The van der Waals surface area contributed by atoms with Crippen LogP contribution in [0.3, 0.4) is 0 Å². The van der Waals surface area contributed by atoms with E-state index in [1.54, 1.807) is 0 Å². The molecule has 0 aliphatic rings. The van der Waals surface area contributed by atoms with Gasteiger partial charge in [0.05, 0.1) is 6.61 Å². The molecule has 3 heteroatoms. The van der Waals surface area contributed by atoms with Crippen LogP contribution in [-0.4, -0.2) is 19.7 Å². The van der Waals surface area contributed by atoms with E-state index in [-0.39, 0.29) is 0 Å². The summed E-state index contributed by atoms with van der Waals surface area (Å²) in [5, 5.41) is 2.40. The van der Waals surface area contributed by atoms with Crippen molar-refractivity contribution < 1.29 is 9.53 Å². The fraction of sp³-hybridized carbons (Fsp3) is 0.833. The Balaban J connectivity index is 2.82. The molecule has 0 aromatic carbocycles. The molecule has 0 aliphatic heterocycles. The number of rotatable bonds is 5. The van der Waals surface area contributed by atoms with Crippen LogP contribution < -0.4 is 5.32 Å². The van der Waals surface area contributed by atoms with Gasteiger partial charge in [-0.05, 0) is 5.92 Å². The molecule has 0 aromatic heterocycles. The lowest BCUT2D eigenvalue weighted by atomic mass is 10.2. The summed E-state index contributed by atoms with van der Waals surface area (Å²) < 4.78 is 4.99. The van der Waals surface area contributed by atoms with E-state index in [0.717, 1.165) is 0 Å². The Labute approximate surface area is 55.4 Å². The van der Waals surface area contributed by atoms with Gasteiger partial charge in [0.1, 0.15) is 6.73 Å². The second kappa shape index (κ2) is 5.56. The third kappa shape index (κ3) is 7.43. The zero-order chi connectivity index (χ0) is 7.11. The fourth-order valence-corrected chi connectivity index (χ4v) is 0.388. The van der Waals surface area contributed by atoms with Crippen LogP contribution in [0.5, 0.6) is 0 Å². The van der Waals surface area contributed by atoms with Gasteiger partial charge in [-0.25, -0.2) is 0 Å². The molecule has 0 radical (unpaired) electrons. The molecule has 9 heavy (non-hydrogen) atoms. The molecular weight excluding hydrogens is 118 g/mol. The predicted molar refractivity (Wildman–Crippen MR) is 34.9 cm³/mol. The summed E-state index contributed by atoms with van der Waals surface area (Å²) in [5.74, 6) is 0.526. The summed E-state index contributed by atoms with van der Waals surface area (Å²) in [7, 11) is 0.